The minimum absolute atomic E-state index is 0.286. The van der Waals surface area contributed by atoms with Crippen LogP contribution in [-0.2, 0) is 29.1 Å². The fourth-order valence-electron chi connectivity index (χ4n) is 1.46. The minimum Gasteiger partial charge on any atom is -0.298 e. The summed E-state index contributed by atoms with van der Waals surface area (Å²) in [6.45, 7) is 14.4. The molecule has 0 aromatic rings. The first-order valence-electron chi connectivity index (χ1n) is 8.11. The smallest absolute Gasteiger partial charge is 0.298 e. The van der Waals surface area contributed by atoms with Crippen molar-refractivity contribution >= 4 is 11.9 Å². The van der Waals surface area contributed by atoms with Crippen LogP contribution in [-0.4, -0.2) is 23.1 Å². The maximum Gasteiger partial charge on any atom is 0.345 e. The predicted molar refractivity (Wildman–Crippen MR) is 86.0 cm³/mol. The van der Waals surface area contributed by atoms with Crippen molar-refractivity contribution in [2.45, 2.75) is 85.9 Å². The molecule has 0 aliphatic carbocycles. The Kier molecular flexibility index (Phi) is 8.77. The van der Waals surface area contributed by atoms with E-state index in [0.717, 1.165) is 0 Å². The highest BCUT2D eigenvalue weighted by atomic mass is 17.2. The van der Waals surface area contributed by atoms with Crippen LogP contribution in [0.5, 0.6) is 0 Å². The quantitative estimate of drug-likeness (QED) is 0.494. The third-order valence-corrected chi connectivity index (χ3v) is 2.83. The second-order valence-electron chi connectivity index (χ2n) is 7.93. The average molecular weight is 332 g/mol. The summed E-state index contributed by atoms with van der Waals surface area (Å²) in [5.74, 6) is -1.37. The highest BCUT2D eigenvalue weighted by Crippen LogP contribution is 2.18. The van der Waals surface area contributed by atoms with E-state index in [1.165, 1.54) is 0 Å². The van der Waals surface area contributed by atoms with Crippen LogP contribution in [0.25, 0.3) is 0 Å². The van der Waals surface area contributed by atoms with E-state index < -0.39 is 23.1 Å². The number of carbonyl (C=O) groups is 2. The lowest BCUT2D eigenvalue weighted by atomic mass is 9.99. The summed E-state index contributed by atoms with van der Waals surface area (Å²) in [4.78, 5) is 43.1. The summed E-state index contributed by atoms with van der Waals surface area (Å²) < 4.78 is 0. The van der Waals surface area contributed by atoms with Crippen LogP contribution in [0, 0.1) is 11.8 Å². The van der Waals surface area contributed by atoms with Crippen molar-refractivity contribution in [3.63, 3.8) is 0 Å². The lowest BCUT2D eigenvalue weighted by Gasteiger charge is -2.19. The molecule has 0 spiro atoms. The zero-order valence-corrected chi connectivity index (χ0v) is 15.7. The second kappa shape index (κ2) is 9.23. The van der Waals surface area contributed by atoms with E-state index in [0.29, 0.717) is 19.3 Å². The SMILES string of the molecule is CC(CCCC(C)C(=O)OOC(C)(C)C)C(=O)OOC(C)(C)C. The van der Waals surface area contributed by atoms with Crippen LogP contribution in [0.15, 0.2) is 0 Å². The zero-order valence-electron chi connectivity index (χ0n) is 15.7. The van der Waals surface area contributed by atoms with E-state index in [4.69, 9.17) is 19.6 Å². The van der Waals surface area contributed by atoms with Gasteiger partial charge in [-0.25, -0.2) is 9.59 Å². The van der Waals surface area contributed by atoms with Gasteiger partial charge < -0.3 is 0 Å². The molecule has 0 aliphatic heterocycles. The Hall–Kier alpha value is -1.14. The zero-order chi connectivity index (χ0) is 18.3. The molecule has 23 heavy (non-hydrogen) atoms. The topological polar surface area (TPSA) is 71.1 Å². The molecule has 0 aliphatic rings. The number of carbonyl (C=O) groups excluding carboxylic acids is 2. The molecular formula is C17H32O6. The summed E-state index contributed by atoms with van der Waals surface area (Å²) >= 11 is 0. The van der Waals surface area contributed by atoms with Gasteiger partial charge in [-0.05, 0) is 54.4 Å². The summed E-state index contributed by atoms with van der Waals surface area (Å²) in [7, 11) is 0. The predicted octanol–water partition coefficient (Wildman–Crippen LogP) is 3.98. The van der Waals surface area contributed by atoms with Crippen LogP contribution in [0.2, 0.25) is 0 Å². The van der Waals surface area contributed by atoms with Gasteiger partial charge in [0.25, 0.3) is 0 Å². The van der Waals surface area contributed by atoms with Crippen LogP contribution < -0.4 is 0 Å². The molecule has 0 bridgehead atoms. The van der Waals surface area contributed by atoms with Gasteiger partial charge in [-0.3, -0.25) is 9.78 Å². The van der Waals surface area contributed by atoms with E-state index in [1.807, 2.05) is 0 Å². The summed E-state index contributed by atoms with van der Waals surface area (Å²) in [5.41, 5.74) is -1.05. The van der Waals surface area contributed by atoms with Crippen molar-refractivity contribution in [1.29, 1.82) is 0 Å². The minimum atomic E-state index is -0.527. The van der Waals surface area contributed by atoms with E-state index >= 15 is 0 Å². The Morgan fingerprint density at radius 2 is 1.04 bits per heavy atom. The second-order valence-corrected chi connectivity index (χ2v) is 7.93. The van der Waals surface area contributed by atoms with Gasteiger partial charge in [-0.1, -0.05) is 20.3 Å². The van der Waals surface area contributed by atoms with Gasteiger partial charge in [-0.2, -0.15) is 9.78 Å². The van der Waals surface area contributed by atoms with Crippen molar-refractivity contribution in [1.82, 2.24) is 0 Å². The molecule has 6 nitrogen and oxygen atoms in total. The van der Waals surface area contributed by atoms with Gasteiger partial charge in [0.1, 0.15) is 11.2 Å². The highest BCUT2D eigenvalue weighted by molar-refractivity contribution is 5.72. The molecular weight excluding hydrogens is 300 g/mol. The van der Waals surface area contributed by atoms with Crippen molar-refractivity contribution < 1.29 is 29.1 Å². The van der Waals surface area contributed by atoms with Gasteiger partial charge in [0.2, 0.25) is 0 Å². The van der Waals surface area contributed by atoms with E-state index in [9.17, 15) is 9.59 Å². The summed E-state index contributed by atoms with van der Waals surface area (Å²) in [6, 6.07) is 0. The van der Waals surface area contributed by atoms with Crippen molar-refractivity contribution in [3.05, 3.63) is 0 Å². The van der Waals surface area contributed by atoms with Gasteiger partial charge in [-0.15, -0.1) is 0 Å². The van der Waals surface area contributed by atoms with Crippen LogP contribution in [0.4, 0.5) is 0 Å². The van der Waals surface area contributed by atoms with Crippen LogP contribution >= 0.6 is 0 Å². The molecule has 0 rings (SSSR count). The Labute approximate surface area is 139 Å². The first-order valence-corrected chi connectivity index (χ1v) is 8.11. The largest absolute Gasteiger partial charge is 0.345 e. The highest BCUT2D eigenvalue weighted by Gasteiger charge is 2.22. The number of rotatable bonds is 8. The number of hydrogen-bond donors (Lipinski definition) is 0. The third-order valence-electron chi connectivity index (χ3n) is 2.83. The molecule has 0 fully saturated rings. The first-order chi connectivity index (χ1) is 10.3. The third kappa shape index (κ3) is 12.0. The molecule has 0 radical (unpaired) electrons. The average Bonchev–Trinajstić information content (AvgIpc) is 2.40. The van der Waals surface area contributed by atoms with Gasteiger partial charge >= 0.3 is 11.9 Å². The maximum absolute atomic E-state index is 11.8. The Morgan fingerprint density at radius 1 is 0.739 bits per heavy atom. The van der Waals surface area contributed by atoms with Crippen LogP contribution in [0.1, 0.15) is 74.7 Å². The normalized spacial score (nSPS) is 15.0. The molecule has 2 atom stereocenters. The molecule has 0 aromatic heterocycles. The number of hydrogen-bond acceptors (Lipinski definition) is 6. The van der Waals surface area contributed by atoms with Crippen molar-refractivity contribution in [2.75, 3.05) is 0 Å². The molecule has 0 aromatic carbocycles. The lowest BCUT2D eigenvalue weighted by molar-refractivity contribution is -0.323. The summed E-state index contributed by atoms with van der Waals surface area (Å²) in [6.07, 6.45) is 1.94. The molecule has 0 amide bonds. The summed E-state index contributed by atoms with van der Waals surface area (Å²) in [5, 5.41) is 0. The molecule has 6 heteroatoms. The standard InChI is InChI=1S/C17H32O6/c1-12(14(18)20-22-16(3,4)5)10-9-11-13(2)15(19)21-23-17(6,7)8/h12-13H,9-11H2,1-8H3. The molecule has 0 saturated carbocycles. The molecule has 0 saturated heterocycles. The van der Waals surface area contributed by atoms with Gasteiger partial charge in [0, 0.05) is 0 Å². The fraction of sp³-hybridized carbons (Fsp3) is 0.882. The molecule has 0 heterocycles. The Balaban J connectivity index is 4.00. The maximum atomic E-state index is 11.8. The molecule has 2 unspecified atom stereocenters. The fourth-order valence-corrected chi connectivity index (χ4v) is 1.46. The lowest BCUT2D eigenvalue weighted by Crippen LogP contribution is -2.25. The van der Waals surface area contributed by atoms with E-state index in [1.54, 1.807) is 55.4 Å². The Bertz CT molecular complexity index is 342. The van der Waals surface area contributed by atoms with E-state index in [2.05, 4.69) is 0 Å². The molecule has 136 valence electrons. The van der Waals surface area contributed by atoms with Crippen molar-refractivity contribution in [3.8, 4) is 0 Å². The van der Waals surface area contributed by atoms with E-state index in [-0.39, 0.29) is 11.8 Å². The van der Waals surface area contributed by atoms with Crippen molar-refractivity contribution in [2.24, 2.45) is 11.8 Å². The first kappa shape index (κ1) is 21.9. The van der Waals surface area contributed by atoms with Gasteiger partial charge in [0.15, 0.2) is 0 Å². The van der Waals surface area contributed by atoms with Crippen LogP contribution in [0.3, 0.4) is 0 Å². The van der Waals surface area contributed by atoms with Gasteiger partial charge in [0.05, 0.1) is 11.8 Å². The monoisotopic (exact) mass is 332 g/mol. The Morgan fingerprint density at radius 3 is 1.30 bits per heavy atom. The molecule has 0 N–H and O–H groups in total.